The highest BCUT2D eigenvalue weighted by molar-refractivity contribution is 5.71. The fourth-order valence-corrected chi connectivity index (χ4v) is 4.87. The predicted molar refractivity (Wildman–Crippen MR) is 103 cm³/mol. The molecule has 5 rings (SSSR count). The van der Waals surface area contributed by atoms with Crippen LogP contribution in [0.1, 0.15) is 36.2 Å². The van der Waals surface area contributed by atoms with Gasteiger partial charge in [0.1, 0.15) is 11.3 Å². The van der Waals surface area contributed by atoms with E-state index in [1.807, 2.05) is 0 Å². The first-order valence-electron chi connectivity index (χ1n) is 10.2. The molecule has 1 aliphatic carbocycles. The van der Waals surface area contributed by atoms with E-state index >= 15 is 0 Å². The molecule has 1 aliphatic heterocycles. The second-order valence-corrected chi connectivity index (χ2v) is 8.09. The van der Waals surface area contributed by atoms with Crippen LogP contribution in [0.4, 0.5) is 27.8 Å². The first kappa shape index (κ1) is 20.9. The van der Waals surface area contributed by atoms with Gasteiger partial charge >= 0.3 is 6.18 Å². The molecule has 1 saturated carbocycles. The van der Waals surface area contributed by atoms with Crippen molar-refractivity contribution >= 4 is 17.0 Å². The van der Waals surface area contributed by atoms with Crippen molar-refractivity contribution in [1.29, 1.82) is 0 Å². The lowest BCUT2D eigenvalue weighted by Gasteiger charge is -2.21. The Morgan fingerprint density at radius 2 is 2.06 bits per heavy atom. The molecule has 0 bridgehead atoms. The van der Waals surface area contributed by atoms with E-state index in [0.29, 0.717) is 30.6 Å². The average molecular weight is 454 g/mol. The molecule has 0 unspecified atom stereocenters. The fraction of sp³-hybridized carbons (Fsp3) is 0.526. The van der Waals surface area contributed by atoms with Crippen molar-refractivity contribution in [2.24, 2.45) is 11.8 Å². The second kappa shape index (κ2) is 7.87. The van der Waals surface area contributed by atoms with Crippen LogP contribution in [0.25, 0.3) is 11.2 Å². The van der Waals surface area contributed by atoms with Crippen LogP contribution in [-0.2, 0) is 6.18 Å². The van der Waals surface area contributed by atoms with E-state index in [0.717, 1.165) is 12.3 Å². The molecule has 3 aromatic heterocycles. The number of halogens is 5. The first-order valence-corrected chi connectivity index (χ1v) is 10.2. The molecule has 2 fully saturated rings. The van der Waals surface area contributed by atoms with Crippen LogP contribution in [0, 0.1) is 11.8 Å². The summed E-state index contributed by atoms with van der Waals surface area (Å²) in [7, 11) is 0. The summed E-state index contributed by atoms with van der Waals surface area (Å²) in [6, 6.07) is 0.290. The summed E-state index contributed by atoms with van der Waals surface area (Å²) in [4.78, 5) is 8.59. The van der Waals surface area contributed by atoms with Crippen LogP contribution in [0.5, 0.6) is 0 Å². The largest absolute Gasteiger partial charge is 0.418 e. The molecule has 3 aromatic rings. The van der Waals surface area contributed by atoms with Crippen LogP contribution in [0.3, 0.4) is 0 Å². The Labute approximate surface area is 178 Å². The van der Waals surface area contributed by atoms with Gasteiger partial charge in [-0.3, -0.25) is 0 Å². The molecular weight excluding hydrogens is 435 g/mol. The van der Waals surface area contributed by atoms with E-state index in [1.54, 1.807) is 10.9 Å². The number of aromatic nitrogens is 6. The Morgan fingerprint density at radius 3 is 2.84 bits per heavy atom. The Morgan fingerprint density at radius 1 is 1.22 bits per heavy atom. The lowest BCUT2D eigenvalue weighted by molar-refractivity contribution is -0.139. The maximum atomic E-state index is 13.5. The number of fused-ring (bicyclic) bond motifs is 2. The predicted octanol–water partition coefficient (Wildman–Crippen LogP) is 3.22. The molecule has 0 spiro atoms. The fourth-order valence-electron chi connectivity index (χ4n) is 4.87. The number of hydrogen-bond acceptors (Lipinski definition) is 7. The number of hydrogen-bond donors (Lipinski definition) is 2. The summed E-state index contributed by atoms with van der Waals surface area (Å²) in [5, 5.41) is 17.6. The van der Waals surface area contributed by atoms with E-state index in [4.69, 9.17) is 0 Å². The van der Waals surface area contributed by atoms with E-state index in [9.17, 15) is 22.0 Å². The van der Waals surface area contributed by atoms with Gasteiger partial charge in [-0.1, -0.05) is 0 Å². The summed E-state index contributed by atoms with van der Waals surface area (Å²) in [5.41, 5.74) is 0.109. The zero-order chi connectivity index (χ0) is 22.5. The summed E-state index contributed by atoms with van der Waals surface area (Å²) in [6.07, 6.45) is -1.81. The number of alkyl halides is 5. The number of rotatable bonds is 5. The third-order valence-corrected chi connectivity index (χ3v) is 6.19. The van der Waals surface area contributed by atoms with E-state index in [-0.39, 0.29) is 29.4 Å². The molecular formula is C19H19F5N8. The minimum atomic E-state index is -4.52. The Balaban J connectivity index is 1.40. The van der Waals surface area contributed by atoms with Crippen molar-refractivity contribution in [3.63, 3.8) is 0 Å². The van der Waals surface area contributed by atoms with Crippen molar-refractivity contribution in [1.82, 2.24) is 35.3 Å². The third kappa shape index (κ3) is 3.74. The monoisotopic (exact) mass is 454 g/mol. The first-order chi connectivity index (χ1) is 15.3. The molecule has 4 heterocycles. The van der Waals surface area contributed by atoms with Crippen LogP contribution in [0.15, 0.2) is 24.7 Å². The van der Waals surface area contributed by atoms with Crippen LogP contribution >= 0.6 is 0 Å². The maximum Gasteiger partial charge on any atom is 0.418 e. The lowest BCUT2D eigenvalue weighted by atomic mass is 9.90. The zero-order valence-electron chi connectivity index (χ0n) is 16.6. The molecule has 2 aliphatic rings. The molecule has 32 heavy (non-hydrogen) atoms. The van der Waals surface area contributed by atoms with E-state index < -0.39 is 30.8 Å². The van der Waals surface area contributed by atoms with Gasteiger partial charge in [-0.2, -0.15) is 28.5 Å². The quantitative estimate of drug-likeness (QED) is 0.572. The Bertz CT molecular complexity index is 1120. The molecule has 0 radical (unpaired) electrons. The molecule has 1 saturated heterocycles. The van der Waals surface area contributed by atoms with Gasteiger partial charge in [0.2, 0.25) is 0 Å². The average Bonchev–Trinajstić information content (AvgIpc) is 3.44. The van der Waals surface area contributed by atoms with Crippen molar-refractivity contribution in [3.05, 3.63) is 35.9 Å². The van der Waals surface area contributed by atoms with Crippen molar-refractivity contribution in [2.75, 3.05) is 18.4 Å². The van der Waals surface area contributed by atoms with Gasteiger partial charge < -0.3 is 10.6 Å². The molecule has 8 nitrogen and oxygen atoms in total. The lowest BCUT2D eigenvalue weighted by Crippen LogP contribution is -2.25. The molecule has 13 heteroatoms. The van der Waals surface area contributed by atoms with Gasteiger partial charge in [-0.15, -0.1) is 0 Å². The van der Waals surface area contributed by atoms with Gasteiger partial charge in [0.25, 0.3) is 6.43 Å². The van der Waals surface area contributed by atoms with Gasteiger partial charge in [0, 0.05) is 0 Å². The van der Waals surface area contributed by atoms with E-state index in [1.165, 1.54) is 6.20 Å². The van der Waals surface area contributed by atoms with Gasteiger partial charge in [-0.25, -0.2) is 23.4 Å². The molecule has 0 amide bonds. The SMILES string of the molecule is FC(F)CNc1cnc2cnn([C@H]3C[C@@H]4CN[C@H](c5nnccc5C(F)(F)F)[C@H]4C3)c2n1. The standard InChI is InChI=1S/C19H19F5N8/c20-14(21)7-26-15-8-25-13-6-29-32(18(13)30-15)10-3-9-5-27-16(11(9)4-10)17-12(19(22,23)24)1-2-28-31-17/h1-2,6,8-11,14,16,27H,3-5,7H2,(H,26,30)/t9-,10+,11+,16+/m1/s1. The number of nitrogens with one attached hydrogen (secondary N) is 2. The van der Waals surface area contributed by atoms with Gasteiger partial charge in [0.15, 0.2) is 5.65 Å². The van der Waals surface area contributed by atoms with Crippen molar-refractivity contribution < 1.29 is 22.0 Å². The number of anilines is 1. The summed E-state index contributed by atoms with van der Waals surface area (Å²) >= 11 is 0. The normalized spacial score (nSPS) is 25.6. The molecule has 0 aromatic carbocycles. The van der Waals surface area contributed by atoms with Crippen LogP contribution in [0.2, 0.25) is 0 Å². The topological polar surface area (TPSA) is 93.4 Å². The highest BCUT2D eigenvalue weighted by Gasteiger charge is 2.48. The minimum absolute atomic E-state index is 0.0786. The number of nitrogens with zero attached hydrogens (tertiary/aromatic N) is 6. The van der Waals surface area contributed by atoms with Crippen molar-refractivity contribution in [2.45, 2.75) is 37.5 Å². The Kier molecular flexibility index (Phi) is 5.14. The summed E-state index contributed by atoms with van der Waals surface area (Å²) < 4.78 is 67.2. The maximum absolute atomic E-state index is 13.5. The van der Waals surface area contributed by atoms with Crippen LogP contribution in [-0.4, -0.2) is 49.5 Å². The van der Waals surface area contributed by atoms with Crippen LogP contribution < -0.4 is 10.6 Å². The summed E-state index contributed by atoms with van der Waals surface area (Å²) in [6.45, 7) is 0.0146. The highest BCUT2D eigenvalue weighted by Crippen LogP contribution is 2.50. The van der Waals surface area contributed by atoms with Gasteiger partial charge in [-0.05, 0) is 37.3 Å². The second-order valence-electron chi connectivity index (χ2n) is 8.09. The molecule has 4 atom stereocenters. The molecule has 2 N–H and O–H groups in total. The third-order valence-electron chi connectivity index (χ3n) is 6.19. The minimum Gasteiger partial charge on any atom is -0.363 e. The highest BCUT2D eigenvalue weighted by atomic mass is 19.4. The molecule has 170 valence electrons. The van der Waals surface area contributed by atoms with Gasteiger partial charge in [0.05, 0.1) is 48.5 Å². The van der Waals surface area contributed by atoms with E-state index in [2.05, 4.69) is 35.9 Å². The Hall–Kier alpha value is -2.96. The zero-order valence-corrected chi connectivity index (χ0v) is 16.6. The summed E-state index contributed by atoms with van der Waals surface area (Å²) in [5.74, 6) is 0.275. The smallest absolute Gasteiger partial charge is 0.363 e. The van der Waals surface area contributed by atoms with Crippen molar-refractivity contribution in [3.8, 4) is 0 Å².